The molecule has 1 atom stereocenters. The maximum absolute atomic E-state index is 12.2. The molecule has 0 aliphatic heterocycles. The number of halogens is 2. The molecular formula is C13H9BrClNO. The third-order valence-corrected chi connectivity index (χ3v) is 3.50. The average Bonchev–Trinajstić information content (AvgIpc) is 2.38. The Morgan fingerprint density at radius 1 is 1.29 bits per heavy atom. The van der Waals surface area contributed by atoms with Gasteiger partial charge in [0.05, 0.1) is 0 Å². The van der Waals surface area contributed by atoms with Crippen molar-refractivity contribution in [3.05, 3.63) is 64.9 Å². The second-order valence-corrected chi connectivity index (χ2v) is 4.88. The summed E-state index contributed by atoms with van der Waals surface area (Å²) < 4.78 is 0. The van der Waals surface area contributed by atoms with Gasteiger partial charge >= 0.3 is 0 Å². The number of pyridine rings is 1. The van der Waals surface area contributed by atoms with Crippen LogP contribution in [0.15, 0.2) is 48.8 Å². The van der Waals surface area contributed by atoms with Gasteiger partial charge in [0.25, 0.3) is 0 Å². The summed E-state index contributed by atoms with van der Waals surface area (Å²) in [5.74, 6) is -0.0273. The number of alkyl halides is 1. The van der Waals surface area contributed by atoms with E-state index in [1.807, 2.05) is 6.07 Å². The minimum Gasteiger partial charge on any atom is -0.293 e. The van der Waals surface area contributed by atoms with Crippen molar-refractivity contribution in [2.75, 3.05) is 0 Å². The van der Waals surface area contributed by atoms with Crippen molar-refractivity contribution in [1.82, 2.24) is 4.98 Å². The number of nitrogens with zero attached hydrogens (tertiary/aromatic N) is 1. The molecule has 1 aromatic carbocycles. The molecule has 1 aromatic heterocycles. The first kappa shape index (κ1) is 12.3. The number of benzene rings is 1. The van der Waals surface area contributed by atoms with Gasteiger partial charge < -0.3 is 0 Å². The molecule has 0 saturated heterocycles. The summed E-state index contributed by atoms with van der Waals surface area (Å²) >= 11 is 9.24. The zero-order valence-corrected chi connectivity index (χ0v) is 11.1. The van der Waals surface area contributed by atoms with Crippen molar-refractivity contribution in [3.8, 4) is 0 Å². The van der Waals surface area contributed by atoms with E-state index in [1.54, 1.807) is 42.7 Å². The molecule has 2 aromatic rings. The van der Waals surface area contributed by atoms with Crippen molar-refractivity contribution < 1.29 is 4.79 Å². The molecule has 0 fully saturated rings. The van der Waals surface area contributed by atoms with E-state index in [2.05, 4.69) is 20.9 Å². The van der Waals surface area contributed by atoms with E-state index in [0.717, 1.165) is 5.56 Å². The lowest BCUT2D eigenvalue weighted by atomic mass is 10.0. The molecule has 4 heteroatoms. The predicted molar refractivity (Wildman–Crippen MR) is 71.7 cm³/mol. The quantitative estimate of drug-likeness (QED) is 0.632. The number of Topliss-reactive ketones (excluding diaryl/α,β-unsaturated/α-hetero) is 1. The van der Waals surface area contributed by atoms with Gasteiger partial charge in [0.2, 0.25) is 0 Å². The minimum atomic E-state index is -0.394. The van der Waals surface area contributed by atoms with E-state index < -0.39 is 4.83 Å². The van der Waals surface area contributed by atoms with Gasteiger partial charge in [-0.15, -0.1) is 0 Å². The normalized spacial score (nSPS) is 12.1. The number of carbonyl (C=O) groups excluding carboxylic acids is 1. The maximum Gasteiger partial charge on any atom is 0.180 e. The number of carbonyl (C=O) groups is 1. The number of aromatic nitrogens is 1. The van der Waals surface area contributed by atoms with Gasteiger partial charge in [0.15, 0.2) is 5.78 Å². The van der Waals surface area contributed by atoms with Crippen LogP contribution in [-0.2, 0) is 0 Å². The third kappa shape index (κ3) is 2.93. The van der Waals surface area contributed by atoms with Crippen LogP contribution in [0.1, 0.15) is 20.7 Å². The topological polar surface area (TPSA) is 30.0 Å². The van der Waals surface area contributed by atoms with E-state index >= 15 is 0 Å². The molecule has 0 saturated carbocycles. The van der Waals surface area contributed by atoms with Gasteiger partial charge in [-0.25, -0.2) is 0 Å². The first-order valence-electron chi connectivity index (χ1n) is 5.02. The first-order chi connectivity index (χ1) is 8.18. The number of hydrogen-bond donors (Lipinski definition) is 0. The van der Waals surface area contributed by atoms with Crippen LogP contribution in [-0.4, -0.2) is 10.8 Å². The highest BCUT2D eigenvalue weighted by atomic mass is 79.9. The average molecular weight is 311 g/mol. The van der Waals surface area contributed by atoms with Gasteiger partial charge in [0.1, 0.15) is 4.83 Å². The molecule has 0 N–H and O–H groups in total. The lowest BCUT2D eigenvalue weighted by Crippen LogP contribution is -2.07. The Morgan fingerprint density at radius 3 is 2.76 bits per heavy atom. The van der Waals surface area contributed by atoms with E-state index in [1.165, 1.54) is 0 Å². The van der Waals surface area contributed by atoms with E-state index in [-0.39, 0.29) is 5.78 Å². The Bertz CT molecular complexity index is 530. The van der Waals surface area contributed by atoms with Crippen molar-refractivity contribution in [3.63, 3.8) is 0 Å². The summed E-state index contributed by atoms with van der Waals surface area (Å²) in [6.07, 6.45) is 3.34. The molecule has 2 nitrogen and oxygen atoms in total. The molecule has 0 bridgehead atoms. The summed E-state index contributed by atoms with van der Waals surface area (Å²) in [5.41, 5.74) is 1.42. The molecule has 0 aliphatic carbocycles. The van der Waals surface area contributed by atoms with Crippen LogP contribution in [0, 0.1) is 0 Å². The molecular weight excluding hydrogens is 302 g/mol. The van der Waals surface area contributed by atoms with Crippen LogP contribution in [0.3, 0.4) is 0 Å². The van der Waals surface area contributed by atoms with Crippen molar-refractivity contribution in [2.45, 2.75) is 4.83 Å². The van der Waals surface area contributed by atoms with Crippen LogP contribution >= 0.6 is 27.5 Å². The van der Waals surface area contributed by atoms with E-state index in [4.69, 9.17) is 11.6 Å². The SMILES string of the molecule is O=C(c1cccc(Cl)c1)[C@@H](Br)c1cccnc1. The summed E-state index contributed by atoms with van der Waals surface area (Å²) in [6, 6.07) is 10.6. The summed E-state index contributed by atoms with van der Waals surface area (Å²) in [4.78, 5) is 15.8. The van der Waals surface area contributed by atoms with E-state index in [9.17, 15) is 4.79 Å². The molecule has 2 rings (SSSR count). The molecule has 0 unspecified atom stereocenters. The Morgan fingerprint density at radius 2 is 2.12 bits per heavy atom. The number of ketones is 1. The predicted octanol–water partition coefficient (Wildman–Crippen LogP) is 4.05. The smallest absolute Gasteiger partial charge is 0.180 e. The highest BCUT2D eigenvalue weighted by Crippen LogP contribution is 2.27. The lowest BCUT2D eigenvalue weighted by molar-refractivity contribution is 0.0991. The Kier molecular flexibility index (Phi) is 3.92. The summed E-state index contributed by atoms with van der Waals surface area (Å²) in [5, 5.41) is 0.557. The lowest BCUT2D eigenvalue weighted by Gasteiger charge is -2.08. The van der Waals surface area contributed by atoms with Crippen LogP contribution in [0.25, 0.3) is 0 Å². The molecule has 17 heavy (non-hydrogen) atoms. The molecule has 86 valence electrons. The zero-order valence-electron chi connectivity index (χ0n) is 8.81. The molecule has 1 heterocycles. The van der Waals surface area contributed by atoms with Crippen molar-refractivity contribution >= 4 is 33.3 Å². The second kappa shape index (κ2) is 5.43. The summed E-state index contributed by atoms with van der Waals surface area (Å²) in [6.45, 7) is 0. The first-order valence-corrected chi connectivity index (χ1v) is 6.31. The van der Waals surface area contributed by atoms with Gasteiger partial charge in [-0.2, -0.15) is 0 Å². The molecule has 0 aliphatic rings. The fraction of sp³-hybridized carbons (Fsp3) is 0.0769. The molecule has 0 radical (unpaired) electrons. The van der Waals surface area contributed by atoms with Crippen molar-refractivity contribution in [1.29, 1.82) is 0 Å². The maximum atomic E-state index is 12.2. The second-order valence-electron chi connectivity index (χ2n) is 3.52. The number of rotatable bonds is 3. The Balaban J connectivity index is 2.27. The van der Waals surface area contributed by atoms with Crippen LogP contribution in [0.5, 0.6) is 0 Å². The van der Waals surface area contributed by atoms with Gasteiger partial charge in [-0.3, -0.25) is 9.78 Å². The monoisotopic (exact) mass is 309 g/mol. The minimum absolute atomic E-state index is 0.0273. The van der Waals surface area contributed by atoms with Gasteiger partial charge in [0, 0.05) is 23.0 Å². The Labute approximate surface area is 113 Å². The van der Waals surface area contributed by atoms with Crippen molar-refractivity contribution in [2.24, 2.45) is 0 Å². The fourth-order valence-corrected chi connectivity index (χ4v) is 2.19. The molecule has 0 amide bonds. The van der Waals surface area contributed by atoms with Crippen LogP contribution in [0.4, 0.5) is 0 Å². The highest BCUT2D eigenvalue weighted by molar-refractivity contribution is 9.09. The largest absolute Gasteiger partial charge is 0.293 e. The summed E-state index contributed by atoms with van der Waals surface area (Å²) in [7, 11) is 0. The zero-order chi connectivity index (χ0) is 12.3. The van der Waals surface area contributed by atoms with E-state index in [0.29, 0.717) is 10.6 Å². The Hall–Kier alpha value is -1.19. The van der Waals surface area contributed by atoms with Crippen LogP contribution < -0.4 is 0 Å². The molecule has 0 spiro atoms. The third-order valence-electron chi connectivity index (χ3n) is 2.32. The standard InChI is InChI=1S/C13H9BrClNO/c14-12(10-4-2-6-16-8-10)13(17)9-3-1-5-11(15)7-9/h1-8,12H/t12-/m0/s1. The van der Waals surface area contributed by atoms with Gasteiger partial charge in [-0.1, -0.05) is 45.7 Å². The highest BCUT2D eigenvalue weighted by Gasteiger charge is 2.18. The fourth-order valence-electron chi connectivity index (χ4n) is 1.47. The van der Waals surface area contributed by atoms with Gasteiger partial charge in [-0.05, 0) is 23.8 Å². The number of hydrogen-bond acceptors (Lipinski definition) is 2. The van der Waals surface area contributed by atoms with Crippen LogP contribution in [0.2, 0.25) is 5.02 Å².